The molecule has 1 heterocycles. The largest absolute Gasteiger partial charge is 0.481 e. The zero-order valence-electron chi connectivity index (χ0n) is 11.1. The molecule has 1 amide bonds. The molecule has 7 heteroatoms. The SMILES string of the molecule is CN(CCC(=O)O)C(=O)c1cc(Br)cnc1N(C)C. The van der Waals surface area contributed by atoms with Crippen LogP contribution in [0.1, 0.15) is 16.8 Å². The maximum Gasteiger partial charge on any atom is 0.305 e. The molecule has 19 heavy (non-hydrogen) atoms. The lowest BCUT2D eigenvalue weighted by Crippen LogP contribution is -2.30. The van der Waals surface area contributed by atoms with Gasteiger partial charge in [0.05, 0.1) is 12.0 Å². The van der Waals surface area contributed by atoms with Gasteiger partial charge in [-0.15, -0.1) is 0 Å². The summed E-state index contributed by atoms with van der Waals surface area (Å²) in [4.78, 5) is 30.1. The van der Waals surface area contributed by atoms with Crippen molar-refractivity contribution in [3.05, 3.63) is 22.3 Å². The van der Waals surface area contributed by atoms with Gasteiger partial charge in [0.1, 0.15) is 5.82 Å². The Morgan fingerprint density at radius 2 is 2.00 bits per heavy atom. The lowest BCUT2D eigenvalue weighted by atomic mass is 10.2. The number of hydrogen-bond acceptors (Lipinski definition) is 4. The van der Waals surface area contributed by atoms with E-state index in [-0.39, 0.29) is 18.9 Å². The number of anilines is 1. The number of rotatable bonds is 5. The first kappa shape index (κ1) is 15.4. The van der Waals surface area contributed by atoms with Crippen LogP contribution in [0.5, 0.6) is 0 Å². The summed E-state index contributed by atoms with van der Waals surface area (Å²) in [5, 5.41) is 8.64. The molecule has 0 saturated heterocycles. The summed E-state index contributed by atoms with van der Waals surface area (Å²) in [5.41, 5.74) is 0.437. The lowest BCUT2D eigenvalue weighted by molar-refractivity contribution is -0.137. The highest BCUT2D eigenvalue weighted by atomic mass is 79.9. The van der Waals surface area contributed by atoms with Crippen LogP contribution in [0.2, 0.25) is 0 Å². The van der Waals surface area contributed by atoms with Crippen LogP contribution in [0.4, 0.5) is 5.82 Å². The third-order valence-electron chi connectivity index (χ3n) is 2.50. The summed E-state index contributed by atoms with van der Waals surface area (Å²) in [6, 6.07) is 1.68. The van der Waals surface area contributed by atoms with E-state index in [2.05, 4.69) is 20.9 Å². The van der Waals surface area contributed by atoms with Gasteiger partial charge in [-0.2, -0.15) is 0 Å². The Kier molecular flexibility index (Phi) is 5.29. The van der Waals surface area contributed by atoms with Gasteiger partial charge in [0.15, 0.2) is 0 Å². The number of pyridine rings is 1. The maximum absolute atomic E-state index is 12.3. The van der Waals surface area contributed by atoms with E-state index in [1.54, 1.807) is 38.3 Å². The van der Waals surface area contributed by atoms with Crippen molar-refractivity contribution in [2.75, 3.05) is 32.6 Å². The smallest absolute Gasteiger partial charge is 0.305 e. The maximum atomic E-state index is 12.3. The van der Waals surface area contributed by atoms with Crippen molar-refractivity contribution in [3.63, 3.8) is 0 Å². The molecule has 0 atom stereocenters. The first-order chi connectivity index (χ1) is 8.82. The first-order valence-electron chi connectivity index (χ1n) is 5.63. The number of carboxylic acid groups (broad SMARTS) is 1. The van der Waals surface area contributed by atoms with Crippen LogP contribution >= 0.6 is 15.9 Å². The molecule has 0 aliphatic rings. The molecular formula is C12H16BrN3O3. The van der Waals surface area contributed by atoms with Crippen LogP contribution in [0.25, 0.3) is 0 Å². The molecule has 0 aliphatic carbocycles. The van der Waals surface area contributed by atoms with Crippen molar-refractivity contribution in [1.29, 1.82) is 0 Å². The normalized spacial score (nSPS) is 10.1. The van der Waals surface area contributed by atoms with E-state index >= 15 is 0 Å². The zero-order valence-corrected chi connectivity index (χ0v) is 12.6. The van der Waals surface area contributed by atoms with Crippen molar-refractivity contribution >= 4 is 33.6 Å². The highest BCUT2D eigenvalue weighted by molar-refractivity contribution is 9.10. The molecule has 0 spiro atoms. The molecule has 1 rings (SSSR count). The third-order valence-corrected chi connectivity index (χ3v) is 2.93. The minimum atomic E-state index is -0.931. The van der Waals surface area contributed by atoms with Crippen molar-refractivity contribution in [3.8, 4) is 0 Å². The van der Waals surface area contributed by atoms with Crippen molar-refractivity contribution in [2.24, 2.45) is 0 Å². The quantitative estimate of drug-likeness (QED) is 0.885. The number of carbonyl (C=O) groups excluding carboxylic acids is 1. The number of amides is 1. The fourth-order valence-corrected chi connectivity index (χ4v) is 1.85. The van der Waals surface area contributed by atoms with Gasteiger partial charge in [0.2, 0.25) is 0 Å². The van der Waals surface area contributed by atoms with E-state index in [0.717, 1.165) is 0 Å². The van der Waals surface area contributed by atoms with E-state index < -0.39 is 5.97 Å². The number of carboxylic acids is 1. The van der Waals surface area contributed by atoms with Gasteiger partial charge in [0.25, 0.3) is 5.91 Å². The molecule has 0 radical (unpaired) electrons. The topological polar surface area (TPSA) is 73.7 Å². The molecule has 1 aromatic heterocycles. The van der Waals surface area contributed by atoms with Gasteiger partial charge >= 0.3 is 5.97 Å². The fourth-order valence-electron chi connectivity index (χ4n) is 1.52. The Balaban J connectivity index is 2.97. The summed E-state index contributed by atoms with van der Waals surface area (Å²) in [5.74, 6) is -0.631. The van der Waals surface area contributed by atoms with Gasteiger partial charge in [-0.05, 0) is 22.0 Å². The van der Waals surface area contributed by atoms with E-state index in [9.17, 15) is 9.59 Å². The third kappa shape index (κ3) is 4.20. The van der Waals surface area contributed by atoms with Crippen molar-refractivity contribution in [2.45, 2.75) is 6.42 Å². The number of halogens is 1. The second-order valence-electron chi connectivity index (χ2n) is 4.29. The molecule has 1 aromatic rings. The second kappa shape index (κ2) is 6.51. The molecular weight excluding hydrogens is 314 g/mol. The van der Waals surface area contributed by atoms with E-state index in [4.69, 9.17) is 5.11 Å². The first-order valence-corrected chi connectivity index (χ1v) is 6.42. The molecule has 0 bridgehead atoms. The minimum Gasteiger partial charge on any atom is -0.481 e. The molecule has 0 unspecified atom stereocenters. The number of hydrogen-bond donors (Lipinski definition) is 1. The average Bonchev–Trinajstić information content (AvgIpc) is 2.34. The predicted molar refractivity (Wildman–Crippen MR) is 75.5 cm³/mol. The predicted octanol–water partition coefficient (Wildman–Crippen LogP) is 1.46. The van der Waals surface area contributed by atoms with Crippen LogP contribution in [-0.2, 0) is 4.79 Å². The van der Waals surface area contributed by atoms with Gasteiger partial charge in [0, 0.05) is 38.4 Å². The minimum absolute atomic E-state index is 0.0824. The van der Waals surface area contributed by atoms with Crippen molar-refractivity contribution in [1.82, 2.24) is 9.88 Å². The number of carbonyl (C=O) groups is 2. The molecule has 0 aliphatic heterocycles. The fraction of sp³-hybridized carbons (Fsp3) is 0.417. The van der Waals surface area contributed by atoms with E-state index in [1.165, 1.54) is 4.90 Å². The van der Waals surface area contributed by atoms with Crippen LogP contribution in [0, 0.1) is 0 Å². The van der Waals surface area contributed by atoms with Crippen molar-refractivity contribution < 1.29 is 14.7 Å². The Morgan fingerprint density at radius 3 is 2.53 bits per heavy atom. The molecule has 0 aromatic carbocycles. The molecule has 1 N–H and O–H groups in total. The average molecular weight is 330 g/mol. The van der Waals surface area contributed by atoms with Gasteiger partial charge < -0.3 is 14.9 Å². The van der Waals surface area contributed by atoms with Crippen LogP contribution in [-0.4, -0.2) is 54.6 Å². The van der Waals surface area contributed by atoms with Gasteiger partial charge in [-0.1, -0.05) is 0 Å². The summed E-state index contributed by atoms with van der Waals surface area (Å²) >= 11 is 3.28. The van der Waals surface area contributed by atoms with Gasteiger partial charge in [-0.3, -0.25) is 9.59 Å². The highest BCUT2D eigenvalue weighted by Crippen LogP contribution is 2.21. The van der Waals surface area contributed by atoms with Crippen LogP contribution in [0.15, 0.2) is 16.7 Å². The monoisotopic (exact) mass is 329 g/mol. The highest BCUT2D eigenvalue weighted by Gasteiger charge is 2.19. The Hall–Kier alpha value is -1.63. The summed E-state index contributed by atoms with van der Waals surface area (Å²) < 4.78 is 0.702. The second-order valence-corrected chi connectivity index (χ2v) is 5.21. The molecule has 0 saturated carbocycles. The number of aromatic nitrogens is 1. The molecule has 104 valence electrons. The summed E-state index contributed by atoms with van der Waals surface area (Å²) in [6.07, 6.45) is 1.53. The molecule has 0 fully saturated rings. The Labute approximate surface area is 120 Å². The standard InChI is InChI=1S/C12H16BrN3O3/c1-15(2)11-9(6-8(13)7-14-11)12(19)16(3)5-4-10(17)18/h6-7H,4-5H2,1-3H3,(H,17,18). The Bertz CT molecular complexity index is 491. The van der Waals surface area contributed by atoms with E-state index in [1.807, 2.05) is 0 Å². The summed E-state index contributed by atoms with van der Waals surface area (Å²) in [6.45, 7) is 0.160. The lowest BCUT2D eigenvalue weighted by Gasteiger charge is -2.20. The van der Waals surface area contributed by atoms with Crippen LogP contribution < -0.4 is 4.90 Å². The number of aliphatic carboxylic acids is 1. The van der Waals surface area contributed by atoms with Gasteiger partial charge in [-0.25, -0.2) is 4.98 Å². The van der Waals surface area contributed by atoms with Crippen LogP contribution in [0.3, 0.4) is 0 Å². The van der Waals surface area contributed by atoms with E-state index in [0.29, 0.717) is 15.9 Å². The molecule has 6 nitrogen and oxygen atoms in total. The Morgan fingerprint density at radius 1 is 1.37 bits per heavy atom. The summed E-state index contributed by atoms with van der Waals surface area (Å²) in [7, 11) is 5.17. The number of nitrogens with zero attached hydrogens (tertiary/aromatic N) is 3. The zero-order chi connectivity index (χ0) is 14.6.